The highest BCUT2D eigenvalue weighted by molar-refractivity contribution is 5.92. The molecule has 1 N–H and O–H groups in total. The number of ether oxygens (including phenoxy) is 1. The number of nitrogens with zero attached hydrogens (tertiary/aromatic N) is 2. The van der Waals surface area contributed by atoms with Crippen LogP contribution in [0.5, 0.6) is 5.75 Å². The van der Waals surface area contributed by atoms with E-state index in [1.807, 2.05) is 19.1 Å². The number of benzene rings is 1. The van der Waals surface area contributed by atoms with Gasteiger partial charge in [0.05, 0.1) is 11.6 Å². The maximum atomic E-state index is 13.7. The van der Waals surface area contributed by atoms with Gasteiger partial charge in [-0.3, -0.25) is 9.78 Å². The van der Waals surface area contributed by atoms with Crippen molar-refractivity contribution in [2.45, 2.75) is 39.2 Å². The molecule has 3 unspecified atom stereocenters. The minimum Gasteiger partial charge on any atom is -0.490 e. The normalized spacial score (nSPS) is 25.1. The lowest BCUT2D eigenvalue weighted by Crippen LogP contribution is -2.27. The number of halogens is 1. The van der Waals surface area contributed by atoms with Crippen molar-refractivity contribution in [1.29, 1.82) is 0 Å². The molecular weight excluding hydrogens is 393 g/mol. The Kier molecular flexibility index (Phi) is 5.08. The first-order chi connectivity index (χ1) is 15.0. The van der Waals surface area contributed by atoms with Crippen LogP contribution < -0.4 is 10.1 Å². The predicted octanol–water partition coefficient (Wildman–Crippen LogP) is 5.15. The molecule has 1 aromatic carbocycles. The fraction of sp³-hybridized carbons (Fsp3) is 0.400. The Morgan fingerprint density at radius 3 is 2.71 bits per heavy atom. The summed E-state index contributed by atoms with van der Waals surface area (Å²) in [5.74, 6) is 2.48. The van der Waals surface area contributed by atoms with Gasteiger partial charge in [-0.1, -0.05) is 13.0 Å². The number of nitrogens with one attached hydrogen (secondary N) is 1. The molecule has 0 aliphatic heterocycles. The van der Waals surface area contributed by atoms with Gasteiger partial charge in [0.15, 0.2) is 0 Å². The molecule has 2 aromatic heterocycles. The van der Waals surface area contributed by atoms with Gasteiger partial charge in [0.1, 0.15) is 17.4 Å². The molecule has 2 fully saturated rings. The van der Waals surface area contributed by atoms with Crippen molar-refractivity contribution in [3.63, 3.8) is 0 Å². The summed E-state index contributed by atoms with van der Waals surface area (Å²) in [4.78, 5) is 21.5. The standard InChI is InChI=1S/C25H26FN3O2/c1-3-17(25(30)29-23-7-4-14(2)13-28-23)24-18-11-16(12-19(18)24)31-22-8-9-27-21-6-5-15(26)10-20(21)22/h4-10,13,16-19,24H,3,11-12H2,1-2H3,(H,28,29,30)/t16?,17?,18-,19+,24?. The summed E-state index contributed by atoms with van der Waals surface area (Å²) in [5, 5.41) is 3.69. The van der Waals surface area contributed by atoms with Gasteiger partial charge in [0.25, 0.3) is 0 Å². The zero-order chi connectivity index (χ0) is 21.5. The van der Waals surface area contributed by atoms with Crippen molar-refractivity contribution in [2.75, 3.05) is 5.32 Å². The zero-order valence-corrected chi connectivity index (χ0v) is 17.7. The van der Waals surface area contributed by atoms with Gasteiger partial charge in [-0.05, 0) is 79.8 Å². The number of anilines is 1. The van der Waals surface area contributed by atoms with E-state index in [2.05, 4.69) is 22.2 Å². The van der Waals surface area contributed by atoms with E-state index in [1.54, 1.807) is 24.5 Å². The first kappa shape index (κ1) is 19.9. The minimum absolute atomic E-state index is 0.00472. The molecule has 0 bridgehead atoms. The maximum absolute atomic E-state index is 13.7. The summed E-state index contributed by atoms with van der Waals surface area (Å²) in [7, 11) is 0. The fourth-order valence-electron chi connectivity index (χ4n) is 5.30. The molecule has 160 valence electrons. The SMILES string of the molecule is CCC(C(=O)Nc1ccc(C)cn1)C1[C@H]2CC(Oc3ccnc4ccc(F)cc34)C[C@@H]12. The number of carbonyl (C=O) groups excluding carboxylic acids is 1. The Morgan fingerprint density at radius 2 is 2.00 bits per heavy atom. The van der Waals surface area contributed by atoms with Crippen molar-refractivity contribution in [2.24, 2.45) is 23.7 Å². The highest BCUT2D eigenvalue weighted by Crippen LogP contribution is 2.62. The van der Waals surface area contributed by atoms with E-state index in [9.17, 15) is 9.18 Å². The van der Waals surface area contributed by atoms with Crippen molar-refractivity contribution in [1.82, 2.24) is 9.97 Å². The van der Waals surface area contributed by atoms with Crippen molar-refractivity contribution in [3.05, 3.63) is 60.2 Å². The highest BCUT2D eigenvalue weighted by Gasteiger charge is 2.60. The molecule has 5 nitrogen and oxygen atoms in total. The van der Waals surface area contributed by atoms with E-state index in [4.69, 9.17) is 4.74 Å². The fourth-order valence-corrected chi connectivity index (χ4v) is 5.30. The first-order valence-electron chi connectivity index (χ1n) is 11.0. The summed E-state index contributed by atoms with van der Waals surface area (Å²) < 4.78 is 20.0. The Labute approximate surface area is 181 Å². The van der Waals surface area contributed by atoms with Crippen LogP contribution >= 0.6 is 0 Å². The minimum atomic E-state index is -0.292. The Morgan fingerprint density at radius 1 is 1.19 bits per heavy atom. The van der Waals surface area contributed by atoms with Crippen LogP contribution in [0.3, 0.4) is 0 Å². The van der Waals surface area contributed by atoms with Gasteiger partial charge < -0.3 is 10.1 Å². The molecule has 0 spiro atoms. The topological polar surface area (TPSA) is 64.1 Å². The number of pyridine rings is 2. The summed E-state index contributed by atoms with van der Waals surface area (Å²) in [6.07, 6.45) is 6.24. The van der Waals surface area contributed by atoms with Gasteiger partial charge in [0, 0.05) is 23.7 Å². The molecule has 6 heteroatoms. The van der Waals surface area contributed by atoms with E-state index in [1.165, 1.54) is 12.1 Å². The molecule has 0 radical (unpaired) electrons. The van der Waals surface area contributed by atoms with Gasteiger partial charge in [-0.25, -0.2) is 9.37 Å². The van der Waals surface area contributed by atoms with Crippen LogP contribution in [-0.2, 0) is 4.79 Å². The average molecular weight is 420 g/mol. The summed E-state index contributed by atoms with van der Waals surface area (Å²) in [6.45, 7) is 4.05. The van der Waals surface area contributed by atoms with Gasteiger partial charge >= 0.3 is 0 Å². The smallest absolute Gasteiger partial charge is 0.228 e. The van der Waals surface area contributed by atoms with E-state index < -0.39 is 0 Å². The van der Waals surface area contributed by atoms with E-state index in [0.717, 1.165) is 30.3 Å². The molecule has 1 amide bonds. The summed E-state index contributed by atoms with van der Waals surface area (Å²) in [5.41, 5.74) is 1.80. The van der Waals surface area contributed by atoms with Crippen LogP contribution in [0.2, 0.25) is 0 Å². The average Bonchev–Trinajstić information content (AvgIpc) is 3.23. The lowest BCUT2D eigenvalue weighted by molar-refractivity contribution is -0.121. The van der Waals surface area contributed by atoms with Crippen LogP contribution in [0.4, 0.5) is 10.2 Å². The molecule has 31 heavy (non-hydrogen) atoms. The van der Waals surface area contributed by atoms with Crippen LogP contribution in [0.1, 0.15) is 31.7 Å². The zero-order valence-electron chi connectivity index (χ0n) is 17.7. The van der Waals surface area contributed by atoms with E-state index in [-0.39, 0.29) is 23.7 Å². The number of hydrogen-bond donors (Lipinski definition) is 1. The number of amides is 1. The molecule has 5 rings (SSSR count). The van der Waals surface area contributed by atoms with Crippen molar-refractivity contribution >= 4 is 22.6 Å². The van der Waals surface area contributed by atoms with Crippen LogP contribution in [-0.4, -0.2) is 22.0 Å². The third-order valence-electron chi connectivity index (χ3n) is 6.83. The Balaban J connectivity index is 1.22. The van der Waals surface area contributed by atoms with Gasteiger partial charge in [0.2, 0.25) is 5.91 Å². The lowest BCUT2D eigenvalue weighted by Gasteiger charge is -2.21. The molecule has 5 atom stereocenters. The molecule has 2 aliphatic rings. The second kappa shape index (κ2) is 7.91. The number of carbonyl (C=O) groups is 1. The Hall–Kier alpha value is -3.02. The highest BCUT2D eigenvalue weighted by atomic mass is 19.1. The van der Waals surface area contributed by atoms with Crippen LogP contribution in [0.25, 0.3) is 10.9 Å². The lowest BCUT2D eigenvalue weighted by atomic mass is 9.93. The Bertz CT molecular complexity index is 1110. The summed E-state index contributed by atoms with van der Waals surface area (Å²) >= 11 is 0. The second-order valence-electron chi connectivity index (χ2n) is 8.81. The number of hydrogen-bond acceptors (Lipinski definition) is 4. The molecule has 2 aliphatic carbocycles. The number of aryl methyl sites for hydroxylation is 1. The van der Waals surface area contributed by atoms with Gasteiger partial charge in [-0.2, -0.15) is 0 Å². The van der Waals surface area contributed by atoms with Crippen molar-refractivity contribution in [3.8, 4) is 5.75 Å². The van der Waals surface area contributed by atoms with Crippen LogP contribution in [0, 0.1) is 36.4 Å². The predicted molar refractivity (Wildman–Crippen MR) is 117 cm³/mol. The number of aromatic nitrogens is 2. The molecule has 3 aromatic rings. The van der Waals surface area contributed by atoms with Crippen molar-refractivity contribution < 1.29 is 13.9 Å². The molecule has 0 saturated heterocycles. The first-order valence-corrected chi connectivity index (χ1v) is 11.0. The quantitative estimate of drug-likeness (QED) is 0.600. The van der Waals surface area contributed by atoms with E-state index in [0.29, 0.717) is 34.7 Å². The third kappa shape index (κ3) is 3.87. The maximum Gasteiger partial charge on any atom is 0.228 e. The third-order valence-corrected chi connectivity index (χ3v) is 6.83. The molecular formula is C25H26FN3O2. The second-order valence-corrected chi connectivity index (χ2v) is 8.81. The number of rotatable bonds is 6. The number of fused-ring (bicyclic) bond motifs is 2. The molecule has 2 saturated carbocycles. The largest absolute Gasteiger partial charge is 0.490 e. The van der Waals surface area contributed by atoms with Crippen LogP contribution in [0.15, 0.2) is 48.8 Å². The summed E-state index contributed by atoms with van der Waals surface area (Å²) in [6, 6.07) is 10.2. The van der Waals surface area contributed by atoms with E-state index >= 15 is 0 Å². The van der Waals surface area contributed by atoms with Gasteiger partial charge in [-0.15, -0.1) is 0 Å². The molecule has 2 heterocycles. The monoisotopic (exact) mass is 419 g/mol.